The first-order valence-corrected chi connectivity index (χ1v) is 10.8. The Morgan fingerprint density at radius 2 is 1.88 bits per heavy atom. The van der Waals surface area contributed by atoms with Crippen molar-refractivity contribution >= 4 is 17.4 Å². The second-order valence-electron chi connectivity index (χ2n) is 8.51. The monoisotopic (exact) mass is 449 g/mol. The Labute approximate surface area is 191 Å². The van der Waals surface area contributed by atoms with Gasteiger partial charge in [0.15, 0.2) is 11.3 Å². The Morgan fingerprint density at radius 3 is 2.45 bits per heavy atom. The Balaban J connectivity index is 1.87. The summed E-state index contributed by atoms with van der Waals surface area (Å²) in [5.74, 6) is -1.24. The Hall–Kier alpha value is -3.72. The lowest BCUT2D eigenvalue weighted by Crippen LogP contribution is -2.35. The number of carbonyl (C=O) groups is 1. The van der Waals surface area contributed by atoms with Crippen molar-refractivity contribution < 1.29 is 18.9 Å². The van der Waals surface area contributed by atoms with E-state index in [4.69, 9.17) is 5.10 Å². The smallest absolute Gasteiger partial charge is 0.344 e. The quantitative estimate of drug-likeness (QED) is 0.522. The molecule has 1 aliphatic heterocycles. The number of carboxylic acids is 1. The number of H-pyrrole nitrogens is 1. The lowest BCUT2D eigenvalue weighted by Gasteiger charge is -2.26. The lowest BCUT2D eigenvalue weighted by molar-refractivity contribution is -0.844. The van der Waals surface area contributed by atoms with Gasteiger partial charge in [0.2, 0.25) is 5.82 Å². The fourth-order valence-corrected chi connectivity index (χ4v) is 4.40. The standard InChI is InChI=1S/C24H25FN6O2/c1-5-12-31(4)22(20(24(32)33)21(28-31)14(2)3)15-10-11-17(19(25)13-15)16-8-6-7-9-18(16)23-26-29-30-27-23/h6-11,13-14H,5,12H2,1-4H3,(H-,26,27,28,29,30,32,33)/p+1. The first-order valence-electron chi connectivity index (χ1n) is 10.8. The number of aromatic nitrogens is 4. The summed E-state index contributed by atoms with van der Waals surface area (Å²) in [4.78, 5) is 12.3. The maximum Gasteiger partial charge on any atom is 0.344 e. The molecule has 1 aliphatic rings. The second kappa shape index (κ2) is 8.67. The van der Waals surface area contributed by atoms with E-state index < -0.39 is 11.8 Å². The molecular weight excluding hydrogens is 423 g/mol. The van der Waals surface area contributed by atoms with Gasteiger partial charge in [-0.25, -0.2) is 9.18 Å². The average Bonchev–Trinajstić information content (AvgIpc) is 3.40. The van der Waals surface area contributed by atoms with Gasteiger partial charge in [-0.15, -0.1) is 10.2 Å². The van der Waals surface area contributed by atoms with Gasteiger partial charge in [0.05, 0.1) is 7.05 Å². The summed E-state index contributed by atoms with van der Waals surface area (Å²) < 4.78 is 15.6. The SMILES string of the molecule is CCC[N+]1(C)N=C(C(C)C)C(C(=O)O)=C1c1ccc(-c2ccccc2-c2nn[nH]n2)c(F)c1. The molecule has 0 amide bonds. The molecule has 0 saturated heterocycles. The first-order chi connectivity index (χ1) is 15.8. The van der Waals surface area contributed by atoms with Crippen LogP contribution in [0.2, 0.25) is 0 Å². The van der Waals surface area contributed by atoms with Gasteiger partial charge < -0.3 is 5.11 Å². The van der Waals surface area contributed by atoms with Crippen molar-refractivity contribution in [1.29, 1.82) is 0 Å². The molecule has 0 bridgehead atoms. The van der Waals surface area contributed by atoms with Crippen LogP contribution in [0.3, 0.4) is 0 Å². The van der Waals surface area contributed by atoms with Crippen LogP contribution in [-0.2, 0) is 4.79 Å². The predicted molar refractivity (Wildman–Crippen MR) is 123 cm³/mol. The fourth-order valence-electron chi connectivity index (χ4n) is 4.40. The summed E-state index contributed by atoms with van der Waals surface area (Å²) in [5.41, 5.74) is 3.31. The minimum Gasteiger partial charge on any atom is -0.477 e. The Kier molecular flexibility index (Phi) is 5.90. The van der Waals surface area contributed by atoms with E-state index in [1.165, 1.54) is 6.07 Å². The third kappa shape index (κ3) is 3.95. The molecule has 4 rings (SSSR count). The third-order valence-electron chi connectivity index (χ3n) is 5.77. The molecule has 1 atom stereocenters. The van der Waals surface area contributed by atoms with Crippen molar-refractivity contribution in [3.8, 4) is 22.5 Å². The molecule has 8 nitrogen and oxygen atoms in total. The van der Waals surface area contributed by atoms with Crippen molar-refractivity contribution in [2.45, 2.75) is 27.2 Å². The van der Waals surface area contributed by atoms with Crippen LogP contribution < -0.4 is 0 Å². The van der Waals surface area contributed by atoms with E-state index in [1.807, 2.05) is 40.0 Å². The van der Waals surface area contributed by atoms with Gasteiger partial charge in [0.1, 0.15) is 18.1 Å². The minimum absolute atomic E-state index is 0.0733. The number of benzene rings is 2. The van der Waals surface area contributed by atoms with Crippen LogP contribution in [0.15, 0.2) is 53.1 Å². The van der Waals surface area contributed by atoms with Gasteiger partial charge >= 0.3 is 5.97 Å². The van der Waals surface area contributed by atoms with Crippen molar-refractivity contribution in [3.05, 3.63) is 59.4 Å². The largest absolute Gasteiger partial charge is 0.477 e. The van der Waals surface area contributed by atoms with Gasteiger partial charge in [-0.1, -0.05) is 56.2 Å². The molecule has 33 heavy (non-hydrogen) atoms. The number of carboxylic acid groups (broad SMARTS) is 1. The number of hydrogen-bond donors (Lipinski definition) is 2. The van der Waals surface area contributed by atoms with Crippen LogP contribution in [0.5, 0.6) is 0 Å². The van der Waals surface area contributed by atoms with E-state index in [0.717, 1.165) is 6.42 Å². The molecule has 2 N–H and O–H groups in total. The molecule has 9 heteroatoms. The van der Waals surface area contributed by atoms with Gasteiger partial charge in [-0.05, 0) is 29.3 Å². The van der Waals surface area contributed by atoms with Gasteiger partial charge in [-0.2, -0.15) is 9.81 Å². The van der Waals surface area contributed by atoms with Crippen molar-refractivity contribution in [2.24, 2.45) is 11.0 Å². The van der Waals surface area contributed by atoms with Crippen molar-refractivity contribution in [3.63, 3.8) is 0 Å². The Morgan fingerprint density at radius 1 is 1.15 bits per heavy atom. The van der Waals surface area contributed by atoms with Gasteiger partial charge in [0, 0.05) is 22.6 Å². The fraction of sp³-hybridized carbons (Fsp3) is 0.292. The summed E-state index contributed by atoms with van der Waals surface area (Å²) in [6.45, 7) is 6.45. The van der Waals surface area contributed by atoms with Crippen LogP contribution in [0.1, 0.15) is 32.8 Å². The highest BCUT2D eigenvalue weighted by atomic mass is 19.1. The molecule has 2 heterocycles. The van der Waals surface area contributed by atoms with E-state index in [-0.39, 0.29) is 16.1 Å². The zero-order valence-corrected chi connectivity index (χ0v) is 19.0. The van der Waals surface area contributed by atoms with Gasteiger partial charge in [0.25, 0.3) is 0 Å². The highest BCUT2D eigenvalue weighted by Crippen LogP contribution is 2.40. The molecule has 0 aliphatic carbocycles. The van der Waals surface area contributed by atoms with E-state index in [0.29, 0.717) is 46.0 Å². The Bertz CT molecular complexity index is 1270. The van der Waals surface area contributed by atoms with E-state index in [2.05, 4.69) is 20.6 Å². The summed E-state index contributed by atoms with van der Waals surface area (Å²) in [7, 11) is 1.87. The summed E-state index contributed by atoms with van der Waals surface area (Å²) >= 11 is 0. The van der Waals surface area contributed by atoms with E-state index >= 15 is 4.39 Å². The van der Waals surface area contributed by atoms with Crippen molar-refractivity contribution in [1.82, 2.24) is 20.6 Å². The number of rotatable bonds is 7. The maximum atomic E-state index is 15.6. The summed E-state index contributed by atoms with van der Waals surface area (Å²) in [6, 6.07) is 12.0. The van der Waals surface area contributed by atoms with Gasteiger partial charge in [-0.3, -0.25) is 0 Å². The van der Waals surface area contributed by atoms with Crippen LogP contribution in [0.25, 0.3) is 28.2 Å². The molecule has 0 spiro atoms. The van der Waals surface area contributed by atoms with Crippen molar-refractivity contribution in [2.75, 3.05) is 13.6 Å². The number of nitrogens with one attached hydrogen (secondary N) is 1. The number of tetrazole rings is 1. The van der Waals surface area contributed by atoms with Crippen LogP contribution >= 0.6 is 0 Å². The predicted octanol–water partition coefficient (Wildman–Crippen LogP) is 4.35. The van der Waals surface area contributed by atoms with Crippen LogP contribution in [0.4, 0.5) is 4.39 Å². The lowest BCUT2D eigenvalue weighted by atomic mass is 9.93. The molecule has 3 aromatic rings. The topological polar surface area (TPSA) is 104 Å². The molecular formula is C24H26FN6O2+. The first kappa shape index (κ1) is 22.5. The molecule has 0 radical (unpaired) electrons. The molecule has 170 valence electrons. The number of halogens is 1. The second-order valence-corrected chi connectivity index (χ2v) is 8.51. The average molecular weight is 450 g/mol. The van der Waals surface area contributed by atoms with Crippen LogP contribution in [0, 0.1) is 11.7 Å². The number of aliphatic carboxylic acids is 1. The minimum atomic E-state index is -1.05. The summed E-state index contributed by atoms with van der Waals surface area (Å²) in [6.07, 6.45) is 0.792. The van der Waals surface area contributed by atoms with E-state index in [1.54, 1.807) is 24.3 Å². The third-order valence-corrected chi connectivity index (χ3v) is 5.77. The highest BCUT2D eigenvalue weighted by Gasteiger charge is 2.44. The highest BCUT2D eigenvalue weighted by molar-refractivity contribution is 6.25. The zero-order valence-electron chi connectivity index (χ0n) is 19.0. The molecule has 0 fully saturated rings. The number of aromatic amines is 1. The maximum absolute atomic E-state index is 15.6. The normalized spacial score (nSPS) is 18.2. The molecule has 1 unspecified atom stereocenters. The number of nitrogens with zero attached hydrogens (tertiary/aromatic N) is 5. The van der Waals surface area contributed by atoms with E-state index in [9.17, 15) is 9.90 Å². The molecule has 0 saturated carbocycles. The number of hydrogen-bond acceptors (Lipinski definition) is 5. The zero-order chi connectivity index (χ0) is 23.8. The summed E-state index contributed by atoms with van der Waals surface area (Å²) in [5, 5.41) is 28.9. The molecule has 1 aromatic heterocycles. The number of quaternary nitrogens is 1. The molecule has 2 aromatic carbocycles. The van der Waals surface area contributed by atoms with Crippen LogP contribution in [-0.4, -0.2) is 55.6 Å².